The van der Waals surface area contributed by atoms with E-state index in [2.05, 4.69) is 0 Å². The highest BCUT2D eigenvalue weighted by Crippen LogP contribution is 2.33. The molecule has 160 valence electrons. The molecule has 0 unspecified atom stereocenters. The van der Waals surface area contributed by atoms with Crippen LogP contribution in [0.25, 0.3) is 0 Å². The van der Waals surface area contributed by atoms with Crippen molar-refractivity contribution in [3.8, 4) is 11.5 Å². The maximum absolute atomic E-state index is 12.9. The lowest BCUT2D eigenvalue weighted by molar-refractivity contribution is 0.0536. The molecule has 0 saturated heterocycles. The lowest BCUT2D eigenvalue weighted by Gasteiger charge is -2.13. The lowest BCUT2D eigenvalue weighted by Crippen LogP contribution is -2.21. The van der Waals surface area contributed by atoms with Crippen LogP contribution in [0.3, 0.4) is 0 Å². The van der Waals surface area contributed by atoms with Crippen molar-refractivity contribution < 1.29 is 33.2 Å². The largest absolute Gasteiger partial charge is 0.489 e. The molecule has 3 N–H and O–H groups in total. The minimum atomic E-state index is -3.93. The van der Waals surface area contributed by atoms with Crippen LogP contribution in [-0.4, -0.2) is 61.6 Å². The predicted octanol–water partition coefficient (Wildman–Crippen LogP) is 2.54. The summed E-state index contributed by atoms with van der Waals surface area (Å²) in [7, 11) is -3.93. The van der Waals surface area contributed by atoms with E-state index in [9.17, 15) is 18.6 Å². The number of aliphatic hydroxyl groups excluding tert-OH is 3. The van der Waals surface area contributed by atoms with E-state index < -0.39 is 28.7 Å². The lowest BCUT2D eigenvalue weighted by atomic mass is 10.3. The topological polar surface area (TPSA) is 113 Å². The van der Waals surface area contributed by atoms with Crippen LogP contribution in [0.2, 0.25) is 10.0 Å². The van der Waals surface area contributed by atoms with Crippen LogP contribution in [0.4, 0.5) is 0 Å². The van der Waals surface area contributed by atoms with Crippen molar-refractivity contribution in [3.63, 3.8) is 0 Å². The molecule has 0 amide bonds. The van der Waals surface area contributed by atoms with Crippen LogP contribution in [0.15, 0.2) is 46.2 Å². The molecule has 0 aliphatic rings. The van der Waals surface area contributed by atoms with E-state index in [4.69, 9.17) is 49.4 Å². The van der Waals surface area contributed by atoms with Crippen molar-refractivity contribution in [3.05, 3.63) is 46.4 Å². The summed E-state index contributed by atoms with van der Waals surface area (Å²) in [5, 5.41) is 27.6. The first-order valence-corrected chi connectivity index (χ1v) is 11.1. The molecule has 2 rings (SSSR count). The molecule has 29 heavy (non-hydrogen) atoms. The predicted molar refractivity (Wildman–Crippen MR) is 109 cm³/mol. The number of sulfone groups is 1. The summed E-state index contributed by atoms with van der Waals surface area (Å²) in [5.74, 6) is 0.362. The van der Waals surface area contributed by atoms with Gasteiger partial charge in [0.1, 0.15) is 36.9 Å². The summed E-state index contributed by atoms with van der Waals surface area (Å²) >= 11 is 17.7. The molecule has 0 spiro atoms. The molecule has 0 heterocycles. The van der Waals surface area contributed by atoms with Gasteiger partial charge in [0, 0.05) is 0 Å². The van der Waals surface area contributed by atoms with Crippen molar-refractivity contribution >= 4 is 44.6 Å². The molecule has 2 atom stereocenters. The Labute approximate surface area is 183 Å². The highest BCUT2D eigenvalue weighted by molar-refractivity contribution is 7.91. The number of alkyl halides is 1. The number of hydrogen-bond acceptors (Lipinski definition) is 7. The molecule has 0 bridgehead atoms. The summed E-state index contributed by atoms with van der Waals surface area (Å²) in [6.45, 7) is -0.759. The molecule has 0 aromatic heterocycles. The fourth-order valence-electron chi connectivity index (χ4n) is 2.14. The average Bonchev–Trinajstić information content (AvgIpc) is 2.71. The van der Waals surface area contributed by atoms with E-state index in [-0.39, 0.29) is 50.4 Å². The van der Waals surface area contributed by atoms with Gasteiger partial charge in [0.15, 0.2) is 0 Å². The van der Waals surface area contributed by atoms with E-state index in [0.717, 1.165) is 0 Å². The van der Waals surface area contributed by atoms with Crippen LogP contribution in [0, 0.1) is 0 Å². The van der Waals surface area contributed by atoms with Gasteiger partial charge in [-0.25, -0.2) is 8.42 Å². The minimum absolute atomic E-state index is 0.0104. The first kappa shape index (κ1) is 24.0. The molecule has 0 aliphatic carbocycles. The Morgan fingerprint density at radius 2 is 1.31 bits per heavy atom. The molecule has 0 fully saturated rings. The second-order valence-electron chi connectivity index (χ2n) is 5.95. The Morgan fingerprint density at radius 1 is 0.862 bits per heavy atom. The van der Waals surface area contributed by atoms with Crippen molar-refractivity contribution in [2.24, 2.45) is 0 Å². The van der Waals surface area contributed by atoms with Gasteiger partial charge in [-0.05, 0) is 36.4 Å². The summed E-state index contributed by atoms with van der Waals surface area (Å²) in [4.78, 5) is -0.159. The molecule has 0 saturated carbocycles. The summed E-state index contributed by atoms with van der Waals surface area (Å²) in [6, 6.07) is 7.80. The van der Waals surface area contributed by atoms with Crippen LogP contribution in [-0.2, 0) is 9.84 Å². The molecule has 11 heteroatoms. The third-order valence-electron chi connectivity index (χ3n) is 3.68. The second kappa shape index (κ2) is 10.7. The summed E-state index contributed by atoms with van der Waals surface area (Å²) < 4.78 is 36.3. The molecule has 2 aromatic rings. The smallest absolute Gasteiger partial charge is 0.206 e. The van der Waals surface area contributed by atoms with E-state index >= 15 is 0 Å². The SMILES string of the molecule is O=S(=O)(c1ccc(OC[C@@H](O)CO)c(Cl)c1)c1ccc(OC[C@@H](O)CCl)c(Cl)c1. The van der Waals surface area contributed by atoms with Gasteiger partial charge in [-0.3, -0.25) is 0 Å². The zero-order valence-electron chi connectivity index (χ0n) is 15.0. The highest BCUT2D eigenvalue weighted by atomic mass is 35.5. The highest BCUT2D eigenvalue weighted by Gasteiger charge is 2.21. The molecular weight excluding hydrogens is 467 g/mol. The monoisotopic (exact) mass is 484 g/mol. The second-order valence-corrected chi connectivity index (χ2v) is 9.03. The third-order valence-corrected chi connectivity index (χ3v) is 6.37. The maximum atomic E-state index is 12.9. The van der Waals surface area contributed by atoms with Gasteiger partial charge in [0.25, 0.3) is 0 Å². The van der Waals surface area contributed by atoms with E-state index in [1.54, 1.807) is 0 Å². The van der Waals surface area contributed by atoms with Gasteiger partial charge < -0.3 is 24.8 Å². The van der Waals surface area contributed by atoms with Gasteiger partial charge in [-0.15, -0.1) is 11.6 Å². The van der Waals surface area contributed by atoms with Gasteiger partial charge >= 0.3 is 0 Å². The Hall–Kier alpha value is -1.26. The zero-order valence-corrected chi connectivity index (χ0v) is 18.0. The Morgan fingerprint density at radius 3 is 1.69 bits per heavy atom. The first-order valence-electron chi connectivity index (χ1n) is 8.31. The van der Waals surface area contributed by atoms with Crippen molar-refractivity contribution in [2.45, 2.75) is 22.0 Å². The van der Waals surface area contributed by atoms with Gasteiger partial charge in [-0.2, -0.15) is 0 Å². The summed E-state index contributed by atoms with van der Waals surface area (Å²) in [6.07, 6.45) is -1.96. The van der Waals surface area contributed by atoms with Gasteiger partial charge in [0.2, 0.25) is 9.84 Å². The Kier molecular flexibility index (Phi) is 8.84. The van der Waals surface area contributed by atoms with Gasteiger partial charge in [0.05, 0.1) is 32.3 Å². The van der Waals surface area contributed by atoms with Crippen LogP contribution in [0.5, 0.6) is 11.5 Å². The Balaban J connectivity index is 2.21. The number of rotatable bonds is 10. The number of benzene rings is 2. The van der Waals surface area contributed by atoms with E-state index in [0.29, 0.717) is 0 Å². The number of aliphatic hydroxyl groups is 3. The number of hydrogen-bond donors (Lipinski definition) is 3. The molecule has 0 radical (unpaired) electrons. The fourth-order valence-corrected chi connectivity index (χ4v) is 4.14. The van der Waals surface area contributed by atoms with Crippen LogP contribution in [0.1, 0.15) is 0 Å². The third kappa shape index (κ3) is 6.36. The number of halogens is 3. The average molecular weight is 486 g/mol. The van der Waals surface area contributed by atoms with Crippen LogP contribution >= 0.6 is 34.8 Å². The van der Waals surface area contributed by atoms with Gasteiger partial charge in [-0.1, -0.05) is 23.2 Å². The standard InChI is InChI=1S/C18H19Cl3O7S/c19-7-11(23)9-27-17-3-1-13(5-15(17)20)29(25,26)14-2-4-18(16(21)6-14)28-10-12(24)8-22/h1-6,11-12,22-24H,7-10H2/t11-,12-/m0/s1. The molecule has 7 nitrogen and oxygen atoms in total. The van der Waals surface area contributed by atoms with Crippen molar-refractivity contribution in [1.29, 1.82) is 0 Å². The van der Waals surface area contributed by atoms with E-state index in [1.807, 2.05) is 0 Å². The van der Waals surface area contributed by atoms with Crippen molar-refractivity contribution in [2.75, 3.05) is 25.7 Å². The normalized spacial score (nSPS) is 13.7. The van der Waals surface area contributed by atoms with Crippen molar-refractivity contribution in [1.82, 2.24) is 0 Å². The molecule has 2 aromatic carbocycles. The van der Waals surface area contributed by atoms with E-state index in [1.165, 1.54) is 36.4 Å². The first-order chi connectivity index (χ1) is 13.7. The zero-order chi connectivity index (χ0) is 21.6. The summed E-state index contributed by atoms with van der Waals surface area (Å²) in [5.41, 5.74) is 0. The Bertz CT molecular complexity index is 868. The van der Waals surface area contributed by atoms with Crippen LogP contribution < -0.4 is 9.47 Å². The minimum Gasteiger partial charge on any atom is -0.489 e. The fraction of sp³-hybridized carbons (Fsp3) is 0.333. The quantitative estimate of drug-likeness (QED) is 0.443. The number of ether oxygens (including phenoxy) is 2. The molecular formula is C18H19Cl3O7S. The maximum Gasteiger partial charge on any atom is 0.206 e. The molecule has 0 aliphatic heterocycles.